The van der Waals surface area contributed by atoms with Crippen LogP contribution in [-0.2, 0) is 14.2 Å². The summed E-state index contributed by atoms with van der Waals surface area (Å²) < 4.78 is 15.4. The topological polar surface area (TPSA) is 120 Å². The molecule has 7 nitrogen and oxygen atoms in total. The lowest BCUT2D eigenvalue weighted by atomic mass is 10.2. The molecule has 0 bridgehead atoms. The van der Waals surface area contributed by atoms with E-state index in [1.165, 1.54) is 0 Å². The average Bonchev–Trinajstić information content (AvgIpc) is 2.34. The molecule has 0 rings (SSSR count). The van der Waals surface area contributed by atoms with Crippen molar-refractivity contribution in [3.05, 3.63) is 0 Å². The van der Waals surface area contributed by atoms with Gasteiger partial charge in [-0.05, 0) is 0 Å². The van der Waals surface area contributed by atoms with Gasteiger partial charge in [-0.1, -0.05) is 0 Å². The van der Waals surface area contributed by atoms with Crippen LogP contribution in [0.1, 0.15) is 0 Å². The van der Waals surface area contributed by atoms with Gasteiger partial charge in [-0.25, -0.2) is 0 Å². The molecule has 0 aliphatic rings. The third kappa shape index (κ3) is 9.42. The molecular formula is C10H24N2O5. The first kappa shape index (κ1) is 16.7. The molecule has 0 radical (unpaired) electrons. The summed E-state index contributed by atoms with van der Waals surface area (Å²) in [5, 5.41) is 18.6. The van der Waals surface area contributed by atoms with Gasteiger partial charge in [-0.3, -0.25) is 0 Å². The van der Waals surface area contributed by atoms with E-state index in [0.717, 1.165) is 0 Å². The smallest absolute Gasteiger partial charge is 0.109 e. The quantitative estimate of drug-likeness (QED) is 0.288. The maximum absolute atomic E-state index is 9.63. The number of aliphatic hydroxyl groups is 2. The van der Waals surface area contributed by atoms with Crippen LogP contribution in [0.5, 0.6) is 0 Å². The maximum Gasteiger partial charge on any atom is 0.109 e. The van der Waals surface area contributed by atoms with Gasteiger partial charge < -0.3 is 35.9 Å². The summed E-state index contributed by atoms with van der Waals surface area (Å²) >= 11 is 0. The minimum absolute atomic E-state index is 0.0851. The Labute approximate surface area is 102 Å². The van der Waals surface area contributed by atoms with Gasteiger partial charge in [0, 0.05) is 13.1 Å². The molecule has 2 atom stereocenters. The summed E-state index contributed by atoms with van der Waals surface area (Å²) in [7, 11) is 0. The zero-order valence-corrected chi connectivity index (χ0v) is 10.1. The monoisotopic (exact) mass is 252 g/mol. The number of hydrogen-bond acceptors (Lipinski definition) is 7. The minimum Gasteiger partial charge on any atom is -0.394 e. The molecule has 0 saturated carbocycles. The molecule has 0 spiro atoms. The summed E-state index contributed by atoms with van der Waals surface area (Å²) in [6, 6.07) is 0. The van der Waals surface area contributed by atoms with E-state index in [0.29, 0.717) is 39.5 Å². The van der Waals surface area contributed by atoms with Crippen molar-refractivity contribution in [3.63, 3.8) is 0 Å². The fraction of sp³-hybridized carbons (Fsp3) is 1.00. The number of ether oxygens (including phenoxy) is 3. The van der Waals surface area contributed by atoms with Crippen LogP contribution in [0.25, 0.3) is 0 Å². The Balaban J connectivity index is 3.50. The molecule has 0 aromatic rings. The first-order chi connectivity index (χ1) is 8.26. The molecule has 6 N–H and O–H groups in total. The van der Waals surface area contributed by atoms with E-state index in [-0.39, 0.29) is 13.2 Å². The average molecular weight is 252 g/mol. The van der Waals surface area contributed by atoms with Crippen LogP contribution in [0, 0.1) is 0 Å². The standard InChI is InChI=1S/C10H24N2O5/c11-1-3-15-5-6-16-8-9(14)10(7-13)17-4-2-12/h9-10,13-14H,1-8,11-12H2. The Morgan fingerprint density at radius 3 is 2.18 bits per heavy atom. The molecule has 0 aliphatic carbocycles. The molecule has 2 unspecified atom stereocenters. The van der Waals surface area contributed by atoms with Crippen molar-refractivity contribution in [3.8, 4) is 0 Å². The Morgan fingerprint density at radius 2 is 1.59 bits per heavy atom. The molecule has 0 aliphatic heterocycles. The van der Waals surface area contributed by atoms with Crippen molar-refractivity contribution in [2.24, 2.45) is 11.5 Å². The third-order valence-corrected chi connectivity index (χ3v) is 1.98. The van der Waals surface area contributed by atoms with Crippen molar-refractivity contribution in [2.45, 2.75) is 12.2 Å². The van der Waals surface area contributed by atoms with E-state index in [4.69, 9.17) is 30.8 Å². The van der Waals surface area contributed by atoms with Gasteiger partial charge in [0.05, 0.1) is 39.6 Å². The van der Waals surface area contributed by atoms with Gasteiger partial charge in [-0.15, -0.1) is 0 Å². The van der Waals surface area contributed by atoms with Crippen molar-refractivity contribution in [1.82, 2.24) is 0 Å². The number of aliphatic hydroxyl groups excluding tert-OH is 2. The predicted octanol–water partition coefficient (Wildman–Crippen LogP) is -2.32. The second kappa shape index (κ2) is 12.2. The lowest BCUT2D eigenvalue weighted by Gasteiger charge is -2.21. The zero-order chi connectivity index (χ0) is 12.9. The highest BCUT2D eigenvalue weighted by Gasteiger charge is 2.18. The van der Waals surface area contributed by atoms with Gasteiger partial charge in [0.25, 0.3) is 0 Å². The molecule has 7 heteroatoms. The molecular weight excluding hydrogens is 228 g/mol. The molecule has 0 amide bonds. The summed E-state index contributed by atoms with van der Waals surface area (Å²) in [4.78, 5) is 0. The van der Waals surface area contributed by atoms with E-state index in [1.54, 1.807) is 0 Å². The fourth-order valence-electron chi connectivity index (χ4n) is 1.12. The number of rotatable bonds is 12. The van der Waals surface area contributed by atoms with E-state index in [9.17, 15) is 5.11 Å². The fourth-order valence-corrected chi connectivity index (χ4v) is 1.12. The summed E-state index contributed by atoms with van der Waals surface area (Å²) in [6.07, 6.45) is -1.54. The number of nitrogens with two attached hydrogens (primary N) is 2. The van der Waals surface area contributed by atoms with Crippen molar-refractivity contribution < 1.29 is 24.4 Å². The molecule has 0 heterocycles. The van der Waals surface area contributed by atoms with Crippen molar-refractivity contribution >= 4 is 0 Å². The van der Waals surface area contributed by atoms with Crippen LogP contribution in [0.15, 0.2) is 0 Å². The molecule has 0 aromatic heterocycles. The van der Waals surface area contributed by atoms with Gasteiger partial charge in [0.2, 0.25) is 0 Å². The van der Waals surface area contributed by atoms with Crippen LogP contribution < -0.4 is 11.5 Å². The SMILES string of the molecule is NCCOCCOCC(O)C(CO)OCCN. The van der Waals surface area contributed by atoms with Crippen LogP contribution in [0.2, 0.25) is 0 Å². The Bertz CT molecular complexity index is 162. The van der Waals surface area contributed by atoms with Crippen LogP contribution in [0.4, 0.5) is 0 Å². The zero-order valence-electron chi connectivity index (χ0n) is 10.1. The van der Waals surface area contributed by atoms with Gasteiger partial charge in [0.1, 0.15) is 12.2 Å². The van der Waals surface area contributed by atoms with Crippen molar-refractivity contribution in [2.75, 3.05) is 52.7 Å². The van der Waals surface area contributed by atoms with Crippen LogP contribution >= 0.6 is 0 Å². The van der Waals surface area contributed by atoms with Gasteiger partial charge >= 0.3 is 0 Å². The Kier molecular flexibility index (Phi) is 12.0. The maximum atomic E-state index is 9.63. The van der Waals surface area contributed by atoms with E-state index < -0.39 is 12.2 Å². The highest BCUT2D eigenvalue weighted by Crippen LogP contribution is 1.99. The normalized spacial score (nSPS) is 14.8. The van der Waals surface area contributed by atoms with Crippen LogP contribution in [0.3, 0.4) is 0 Å². The van der Waals surface area contributed by atoms with Crippen molar-refractivity contribution in [1.29, 1.82) is 0 Å². The predicted molar refractivity (Wildman–Crippen MR) is 62.6 cm³/mol. The highest BCUT2D eigenvalue weighted by atomic mass is 16.5. The Morgan fingerprint density at radius 1 is 0.941 bits per heavy atom. The van der Waals surface area contributed by atoms with E-state index in [1.807, 2.05) is 0 Å². The molecule has 0 fully saturated rings. The van der Waals surface area contributed by atoms with Crippen LogP contribution in [-0.4, -0.2) is 75.2 Å². The highest BCUT2D eigenvalue weighted by molar-refractivity contribution is 4.67. The lowest BCUT2D eigenvalue weighted by Crippen LogP contribution is -2.37. The second-order valence-corrected chi connectivity index (χ2v) is 3.42. The molecule has 17 heavy (non-hydrogen) atoms. The minimum atomic E-state index is -0.874. The summed E-state index contributed by atoms with van der Waals surface area (Å²) in [5.74, 6) is 0. The first-order valence-electron chi connectivity index (χ1n) is 5.72. The molecule has 0 aromatic carbocycles. The Hall–Kier alpha value is -0.280. The first-order valence-corrected chi connectivity index (χ1v) is 5.72. The van der Waals surface area contributed by atoms with Gasteiger partial charge in [-0.2, -0.15) is 0 Å². The second-order valence-electron chi connectivity index (χ2n) is 3.42. The molecule has 0 saturated heterocycles. The summed E-state index contributed by atoms with van der Waals surface area (Å²) in [5.41, 5.74) is 10.5. The summed E-state index contributed by atoms with van der Waals surface area (Å²) in [6.45, 7) is 2.21. The largest absolute Gasteiger partial charge is 0.394 e. The molecule has 104 valence electrons. The van der Waals surface area contributed by atoms with Gasteiger partial charge in [0.15, 0.2) is 0 Å². The van der Waals surface area contributed by atoms with E-state index >= 15 is 0 Å². The third-order valence-electron chi connectivity index (χ3n) is 1.98. The number of hydrogen-bond donors (Lipinski definition) is 4. The van der Waals surface area contributed by atoms with E-state index in [2.05, 4.69) is 0 Å². The lowest BCUT2D eigenvalue weighted by molar-refractivity contribution is -0.0924.